The lowest BCUT2D eigenvalue weighted by Gasteiger charge is -2.15. The predicted octanol–water partition coefficient (Wildman–Crippen LogP) is 4.52. The maximum atomic E-state index is 12.5. The summed E-state index contributed by atoms with van der Waals surface area (Å²) in [6.07, 6.45) is -4.34. The molecule has 0 aliphatic carbocycles. The van der Waals surface area contributed by atoms with Gasteiger partial charge in [-0.05, 0) is 49.2 Å². The van der Waals surface area contributed by atoms with Gasteiger partial charge in [0.15, 0.2) is 0 Å². The van der Waals surface area contributed by atoms with Crippen molar-refractivity contribution in [1.82, 2.24) is 5.32 Å². The lowest BCUT2D eigenvalue weighted by molar-refractivity contribution is -0.137. The first-order chi connectivity index (χ1) is 11.8. The first kappa shape index (κ1) is 18.8. The highest BCUT2D eigenvalue weighted by atomic mass is 19.4. The summed E-state index contributed by atoms with van der Waals surface area (Å²) in [6.45, 7) is 4.33. The molecule has 2 rings (SSSR count). The van der Waals surface area contributed by atoms with Gasteiger partial charge in [0.2, 0.25) is 5.91 Å². The van der Waals surface area contributed by atoms with Gasteiger partial charge in [-0.1, -0.05) is 24.3 Å². The number of alkyl halides is 3. The molecule has 0 bridgehead atoms. The molecule has 1 atom stereocenters. The van der Waals surface area contributed by atoms with Crippen molar-refractivity contribution >= 4 is 5.91 Å². The van der Waals surface area contributed by atoms with Crippen LogP contribution in [0.15, 0.2) is 48.5 Å². The van der Waals surface area contributed by atoms with Crippen molar-refractivity contribution in [3.05, 3.63) is 65.2 Å². The van der Waals surface area contributed by atoms with E-state index in [0.29, 0.717) is 12.2 Å². The van der Waals surface area contributed by atoms with Crippen LogP contribution < -0.4 is 10.1 Å². The molecule has 3 nitrogen and oxygen atoms in total. The zero-order valence-electron chi connectivity index (χ0n) is 14.1. The zero-order valence-corrected chi connectivity index (χ0v) is 14.1. The summed E-state index contributed by atoms with van der Waals surface area (Å²) in [5, 5.41) is 2.84. The number of nitrogens with one attached hydrogen (secondary N) is 1. The van der Waals surface area contributed by atoms with Crippen LogP contribution in [-0.4, -0.2) is 12.5 Å². The number of amides is 1. The second kappa shape index (κ2) is 8.05. The quantitative estimate of drug-likeness (QED) is 0.831. The number of carbonyl (C=O) groups is 1. The molecule has 2 aromatic rings. The normalized spacial score (nSPS) is 12.5. The molecule has 0 radical (unpaired) electrons. The number of halogens is 3. The average Bonchev–Trinajstić information content (AvgIpc) is 2.55. The third-order valence-corrected chi connectivity index (χ3v) is 3.71. The lowest BCUT2D eigenvalue weighted by Crippen LogP contribution is -2.28. The van der Waals surface area contributed by atoms with Gasteiger partial charge in [-0.15, -0.1) is 0 Å². The minimum Gasteiger partial charge on any atom is -0.494 e. The molecule has 6 heteroatoms. The van der Waals surface area contributed by atoms with Gasteiger partial charge in [0.1, 0.15) is 5.75 Å². The first-order valence-electron chi connectivity index (χ1n) is 7.98. The molecule has 1 N–H and O–H groups in total. The van der Waals surface area contributed by atoms with Crippen molar-refractivity contribution in [3.63, 3.8) is 0 Å². The SMILES string of the molecule is CCOc1ccc(C(C)NC(=O)Cc2ccc(C(F)(F)F)cc2)cc1. The third-order valence-electron chi connectivity index (χ3n) is 3.71. The van der Waals surface area contributed by atoms with Gasteiger partial charge in [0.05, 0.1) is 24.6 Å². The molecule has 0 aliphatic heterocycles. The largest absolute Gasteiger partial charge is 0.494 e. The van der Waals surface area contributed by atoms with E-state index in [1.54, 1.807) is 0 Å². The summed E-state index contributed by atoms with van der Waals surface area (Å²) >= 11 is 0. The van der Waals surface area contributed by atoms with Crippen molar-refractivity contribution in [3.8, 4) is 5.75 Å². The Labute approximate surface area is 144 Å². The van der Waals surface area contributed by atoms with E-state index >= 15 is 0 Å². The Morgan fingerprint density at radius 2 is 1.68 bits per heavy atom. The van der Waals surface area contributed by atoms with Crippen LogP contribution in [0.4, 0.5) is 13.2 Å². The number of rotatable bonds is 6. The third kappa shape index (κ3) is 5.52. The maximum Gasteiger partial charge on any atom is 0.416 e. The van der Waals surface area contributed by atoms with Gasteiger partial charge in [0.25, 0.3) is 0 Å². The standard InChI is InChI=1S/C19H20F3NO2/c1-3-25-17-10-6-15(7-11-17)13(2)23-18(24)12-14-4-8-16(9-5-14)19(20,21)22/h4-11,13H,3,12H2,1-2H3,(H,23,24). The molecule has 0 aliphatic rings. The Morgan fingerprint density at radius 3 is 2.20 bits per heavy atom. The average molecular weight is 351 g/mol. The van der Waals surface area contributed by atoms with Crippen LogP contribution in [-0.2, 0) is 17.4 Å². The van der Waals surface area contributed by atoms with Crippen LogP contribution in [0.1, 0.15) is 36.6 Å². The summed E-state index contributed by atoms with van der Waals surface area (Å²) in [6, 6.07) is 11.8. The van der Waals surface area contributed by atoms with Crippen LogP contribution >= 0.6 is 0 Å². The molecule has 0 aromatic heterocycles. The van der Waals surface area contributed by atoms with Crippen LogP contribution in [0, 0.1) is 0 Å². The Bertz CT molecular complexity index is 694. The Morgan fingerprint density at radius 1 is 1.08 bits per heavy atom. The topological polar surface area (TPSA) is 38.3 Å². The fraction of sp³-hybridized carbons (Fsp3) is 0.316. The minimum absolute atomic E-state index is 0.0273. The molecule has 2 aromatic carbocycles. The number of ether oxygens (including phenoxy) is 1. The van der Waals surface area contributed by atoms with Crippen LogP contribution in [0.2, 0.25) is 0 Å². The lowest BCUT2D eigenvalue weighted by atomic mass is 10.1. The van der Waals surface area contributed by atoms with Gasteiger partial charge in [-0.2, -0.15) is 13.2 Å². The van der Waals surface area contributed by atoms with E-state index in [9.17, 15) is 18.0 Å². The Hall–Kier alpha value is -2.50. The van der Waals surface area contributed by atoms with Gasteiger partial charge in [-0.3, -0.25) is 4.79 Å². The summed E-state index contributed by atoms with van der Waals surface area (Å²) in [5.74, 6) is 0.510. The molecule has 0 saturated heterocycles. The van der Waals surface area contributed by atoms with E-state index in [1.165, 1.54) is 12.1 Å². The fourth-order valence-corrected chi connectivity index (χ4v) is 2.39. The molecule has 1 amide bonds. The highest BCUT2D eigenvalue weighted by Gasteiger charge is 2.29. The smallest absolute Gasteiger partial charge is 0.416 e. The molecule has 1 unspecified atom stereocenters. The van der Waals surface area contributed by atoms with Gasteiger partial charge in [0, 0.05) is 0 Å². The summed E-state index contributed by atoms with van der Waals surface area (Å²) in [7, 11) is 0. The van der Waals surface area contributed by atoms with Gasteiger partial charge >= 0.3 is 6.18 Å². The van der Waals surface area contributed by atoms with E-state index in [1.807, 2.05) is 38.1 Å². The van der Waals surface area contributed by atoms with E-state index < -0.39 is 11.7 Å². The van der Waals surface area contributed by atoms with Crippen LogP contribution in [0.3, 0.4) is 0 Å². The molecule has 0 fully saturated rings. The van der Waals surface area contributed by atoms with Crippen LogP contribution in [0.5, 0.6) is 5.75 Å². The minimum atomic E-state index is -4.37. The Kier molecular flexibility index (Phi) is 6.07. The zero-order chi connectivity index (χ0) is 18.4. The van der Waals surface area contributed by atoms with Crippen molar-refractivity contribution in [2.75, 3.05) is 6.61 Å². The van der Waals surface area contributed by atoms with Gasteiger partial charge in [-0.25, -0.2) is 0 Å². The molecule has 134 valence electrons. The molecular formula is C19H20F3NO2. The Balaban J connectivity index is 1.92. The molecular weight excluding hydrogens is 331 g/mol. The second-order valence-corrected chi connectivity index (χ2v) is 5.66. The van der Waals surface area contributed by atoms with E-state index in [-0.39, 0.29) is 18.4 Å². The highest BCUT2D eigenvalue weighted by molar-refractivity contribution is 5.79. The molecule has 0 heterocycles. The number of carbonyl (C=O) groups excluding carboxylic acids is 1. The predicted molar refractivity (Wildman–Crippen MR) is 89.3 cm³/mol. The number of hydrogen-bond donors (Lipinski definition) is 1. The van der Waals surface area contributed by atoms with E-state index in [0.717, 1.165) is 23.4 Å². The fourth-order valence-electron chi connectivity index (χ4n) is 2.39. The van der Waals surface area contributed by atoms with Crippen molar-refractivity contribution in [2.45, 2.75) is 32.5 Å². The van der Waals surface area contributed by atoms with E-state index in [2.05, 4.69) is 5.32 Å². The summed E-state index contributed by atoms with van der Waals surface area (Å²) in [5.41, 5.74) is 0.730. The second-order valence-electron chi connectivity index (χ2n) is 5.66. The molecule has 0 spiro atoms. The molecule has 25 heavy (non-hydrogen) atoms. The monoisotopic (exact) mass is 351 g/mol. The summed E-state index contributed by atoms with van der Waals surface area (Å²) < 4.78 is 43.0. The maximum absolute atomic E-state index is 12.5. The van der Waals surface area contributed by atoms with Crippen LogP contribution in [0.25, 0.3) is 0 Å². The van der Waals surface area contributed by atoms with Crippen molar-refractivity contribution in [2.24, 2.45) is 0 Å². The van der Waals surface area contributed by atoms with E-state index in [4.69, 9.17) is 4.74 Å². The number of hydrogen-bond acceptors (Lipinski definition) is 2. The van der Waals surface area contributed by atoms with Gasteiger partial charge < -0.3 is 10.1 Å². The van der Waals surface area contributed by atoms with Crippen molar-refractivity contribution < 1.29 is 22.7 Å². The van der Waals surface area contributed by atoms with Crippen molar-refractivity contribution in [1.29, 1.82) is 0 Å². The molecule has 0 saturated carbocycles. The number of benzene rings is 2. The highest BCUT2D eigenvalue weighted by Crippen LogP contribution is 2.29. The first-order valence-corrected chi connectivity index (χ1v) is 7.98. The summed E-state index contributed by atoms with van der Waals surface area (Å²) in [4.78, 5) is 12.1.